The van der Waals surface area contributed by atoms with Crippen LogP contribution in [0.2, 0.25) is 0 Å². The molecule has 0 bridgehead atoms. The predicted octanol–water partition coefficient (Wildman–Crippen LogP) is 5.31. The fourth-order valence-corrected chi connectivity index (χ4v) is 3.80. The zero-order valence-corrected chi connectivity index (χ0v) is 19.3. The normalized spacial score (nSPS) is 22.7. The largest absolute Gasteiger partial charge is 0.493 e. The van der Waals surface area contributed by atoms with Gasteiger partial charge in [-0.05, 0) is 31.9 Å². The van der Waals surface area contributed by atoms with Gasteiger partial charge in [0.2, 0.25) is 0 Å². The van der Waals surface area contributed by atoms with Crippen molar-refractivity contribution in [2.24, 2.45) is 11.1 Å². The number of hydrogen-bond donors (Lipinski definition) is 1. The Hall–Kier alpha value is -1.30. The summed E-state index contributed by atoms with van der Waals surface area (Å²) in [5.41, 5.74) is 6.17. The molecule has 0 aromatic heterocycles. The minimum absolute atomic E-state index is 0.101. The van der Waals surface area contributed by atoms with Crippen molar-refractivity contribution in [3.8, 4) is 11.5 Å². The summed E-state index contributed by atoms with van der Waals surface area (Å²) in [4.78, 5) is 0. The van der Waals surface area contributed by atoms with E-state index < -0.39 is 5.79 Å². The van der Waals surface area contributed by atoms with Crippen molar-refractivity contribution in [1.29, 1.82) is 0 Å². The SMILES string of the molecule is CCCCC(N)(CCCC)C1COC(C)(C(C)(C)COc2ccccc2OC)O1. The first-order valence-electron chi connectivity index (χ1n) is 11.1. The molecule has 0 saturated carbocycles. The van der Waals surface area contributed by atoms with Gasteiger partial charge in [0, 0.05) is 5.54 Å². The highest BCUT2D eigenvalue weighted by Gasteiger charge is 2.53. The van der Waals surface area contributed by atoms with Gasteiger partial charge in [-0.15, -0.1) is 0 Å². The molecule has 0 aliphatic carbocycles. The molecule has 5 heteroatoms. The lowest BCUT2D eigenvalue weighted by molar-refractivity contribution is -0.235. The average molecular weight is 408 g/mol. The second kappa shape index (κ2) is 10.1. The van der Waals surface area contributed by atoms with Gasteiger partial charge in [-0.25, -0.2) is 0 Å². The summed E-state index contributed by atoms with van der Waals surface area (Å²) in [6, 6.07) is 7.68. The van der Waals surface area contributed by atoms with E-state index in [9.17, 15) is 0 Å². The highest BCUT2D eigenvalue weighted by atomic mass is 16.7. The van der Waals surface area contributed by atoms with E-state index in [0.29, 0.717) is 13.2 Å². The van der Waals surface area contributed by atoms with Crippen LogP contribution in [0.3, 0.4) is 0 Å². The number of nitrogens with two attached hydrogens (primary N) is 1. The lowest BCUT2D eigenvalue weighted by Gasteiger charge is -2.41. The van der Waals surface area contributed by atoms with Gasteiger partial charge in [0.15, 0.2) is 17.3 Å². The summed E-state index contributed by atoms with van der Waals surface area (Å²) in [7, 11) is 1.65. The summed E-state index contributed by atoms with van der Waals surface area (Å²) in [5.74, 6) is 0.683. The van der Waals surface area contributed by atoms with Crippen molar-refractivity contribution in [1.82, 2.24) is 0 Å². The van der Waals surface area contributed by atoms with E-state index in [4.69, 9.17) is 24.7 Å². The molecule has 2 unspecified atom stereocenters. The van der Waals surface area contributed by atoms with Gasteiger partial charge >= 0.3 is 0 Å². The Labute approximate surface area is 177 Å². The number of methoxy groups -OCH3 is 1. The zero-order valence-electron chi connectivity index (χ0n) is 19.3. The Balaban J connectivity index is 2.08. The lowest BCUT2D eigenvalue weighted by atomic mass is 9.82. The van der Waals surface area contributed by atoms with Crippen LogP contribution in [-0.4, -0.2) is 37.8 Å². The van der Waals surface area contributed by atoms with E-state index in [2.05, 4.69) is 27.7 Å². The van der Waals surface area contributed by atoms with Gasteiger partial charge < -0.3 is 24.7 Å². The van der Waals surface area contributed by atoms with Crippen LogP contribution in [0, 0.1) is 5.41 Å². The number of unbranched alkanes of at least 4 members (excludes halogenated alkanes) is 2. The molecule has 1 aromatic carbocycles. The summed E-state index contributed by atoms with van der Waals surface area (Å²) < 4.78 is 24.3. The average Bonchev–Trinajstić information content (AvgIpc) is 3.14. The zero-order chi connectivity index (χ0) is 21.5. The Morgan fingerprint density at radius 2 is 1.69 bits per heavy atom. The van der Waals surface area contributed by atoms with Crippen molar-refractivity contribution < 1.29 is 18.9 Å². The third kappa shape index (κ3) is 5.65. The highest BCUT2D eigenvalue weighted by Crippen LogP contribution is 2.44. The van der Waals surface area contributed by atoms with Crippen LogP contribution >= 0.6 is 0 Å². The molecule has 0 radical (unpaired) electrons. The van der Waals surface area contributed by atoms with Crippen molar-refractivity contribution in [2.75, 3.05) is 20.3 Å². The summed E-state index contributed by atoms with van der Waals surface area (Å²) in [5, 5.41) is 0. The molecule has 1 fully saturated rings. The molecule has 2 atom stereocenters. The summed E-state index contributed by atoms with van der Waals surface area (Å²) in [6.45, 7) is 11.6. The maximum Gasteiger partial charge on any atom is 0.174 e. The number of benzene rings is 1. The quantitative estimate of drug-likeness (QED) is 0.509. The minimum Gasteiger partial charge on any atom is -0.493 e. The van der Waals surface area contributed by atoms with Crippen molar-refractivity contribution in [3.05, 3.63) is 24.3 Å². The van der Waals surface area contributed by atoms with Crippen LogP contribution in [0.1, 0.15) is 73.1 Å². The molecule has 1 heterocycles. The molecule has 29 heavy (non-hydrogen) atoms. The summed E-state index contributed by atoms with van der Waals surface area (Å²) in [6.07, 6.45) is 6.31. The Bertz CT molecular complexity index is 625. The number of para-hydroxylation sites is 2. The molecule has 5 nitrogen and oxygen atoms in total. The first kappa shape index (κ1) is 24.0. The molecule has 1 saturated heterocycles. The molecule has 2 rings (SSSR count). The molecule has 1 aromatic rings. The van der Waals surface area contributed by atoms with Gasteiger partial charge in [0.05, 0.1) is 25.7 Å². The third-order valence-electron chi connectivity index (χ3n) is 6.40. The van der Waals surface area contributed by atoms with E-state index in [-0.39, 0.29) is 17.1 Å². The van der Waals surface area contributed by atoms with Crippen molar-refractivity contribution >= 4 is 0 Å². The molecule has 1 aliphatic rings. The van der Waals surface area contributed by atoms with Gasteiger partial charge in [0.1, 0.15) is 6.10 Å². The maximum absolute atomic E-state index is 6.89. The van der Waals surface area contributed by atoms with Crippen LogP contribution in [0.25, 0.3) is 0 Å². The highest BCUT2D eigenvalue weighted by molar-refractivity contribution is 5.39. The molecule has 166 valence electrons. The van der Waals surface area contributed by atoms with E-state index in [1.807, 2.05) is 31.2 Å². The molecular weight excluding hydrogens is 366 g/mol. The first-order valence-corrected chi connectivity index (χ1v) is 11.1. The predicted molar refractivity (Wildman–Crippen MR) is 117 cm³/mol. The van der Waals surface area contributed by atoms with Crippen LogP contribution in [-0.2, 0) is 9.47 Å². The Morgan fingerprint density at radius 3 is 2.24 bits per heavy atom. The van der Waals surface area contributed by atoms with Crippen molar-refractivity contribution in [3.63, 3.8) is 0 Å². The Morgan fingerprint density at radius 1 is 1.10 bits per heavy atom. The van der Waals surface area contributed by atoms with E-state index in [1.54, 1.807) is 7.11 Å². The second-order valence-corrected chi connectivity index (χ2v) is 9.13. The fourth-order valence-electron chi connectivity index (χ4n) is 3.80. The molecule has 2 N–H and O–H groups in total. The fraction of sp³-hybridized carbons (Fsp3) is 0.750. The monoisotopic (exact) mass is 407 g/mol. The topological polar surface area (TPSA) is 62.9 Å². The molecule has 0 spiro atoms. The standard InChI is InChI=1S/C24H41NO4/c1-7-9-15-24(25,16-10-8-2)21-17-28-23(5,29-21)22(3,4)18-27-20-14-12-11-13-19(20)26-6/h11-14,21H,7-10,15-18,25H2,1-6H3. The van der Waals surface area contributed by atoms with Gasteiger partial charge in [0.25, 0.3) is 0 Å². The molecular formula is C24H41NO4. The van der Waals surface area contributed by atoms with Crippen LogP contribution in [0.5, 0.6) is 11.5 Å². The second-order valence-electron chi connectivity index (χ2n) is 9.13. The van der Waals surface area contributed by atoms with E-state index in [1.165, 1.54) is 0 Å². The van der Waals surface area contributed by atoms with Crippen molar-refractivity contribution in [2.45, 2.75) is 90.6 Å². The lowest BCUT2D eigenvalue weighted by Crippen LogP contribution is -2.54. The van der Waals surface area contributed by atoms with Gasteiger partial charge in [-0.1, -0.05) is 65.5 Å². The molecule has 0 amide bonds. The number of ether oxygens (including phenoxy) is 4. The maximum atomic E-state index is 6.89. The minimum atomic E-state index is -0.761. The van der Waals surface area contributed by atoms with Crippen LogP contribution in [0.4, 0.5) is 0 Å². The van der Waals surface area contributed by atoms with E-state index >= 15 is 0 Å². The number of rotatable bonds is 12. The smallest absolute Gasteiger partial charge is 0.174 e. The van der Waals surface area contributed by atoms with Gasteiger partial charge in [-0.3, -0.25) is 0 Å². The Kier molecular flexibility index (Phi) is 8.38. The van der Waals surface area contributed by atoms with Crippen LogP contribution in [0.15, 0.2) is 24.3 Å². The van der Waals surface area contributed by atoms with Gasteiger partial charge in [-0.2, -0.15) is 0 Å². The summed E-state index contributed by atoms with van der Waals surface area (Å²) >= 11 is 0. The first-order chi connectivity index (χ1) is 13.7. The van der Waals surface area contributed by atoms with E-state index in [0.717, 1.165) is 50.0 Å². The number of hydrogen-bond acceptors (Lipinski definition) is 5. The third-order valence-corrected chi connectivity index (χ3v) is 6.40. The van der Waals surface area contributed by atoms with Crippen LogP contribution < -0.4 is 15.2 Å². The molecule has 1 aliphatic heterocycles.